The number of carbonyl (C=O) groups excluding carboxylic acids is 1. The number of hydrogen-bond acceptors (Lipinski definition) is 1. The minimum atomic E-state index is 0.161. The Bertz CT molecular complexity index is 924. The van der Waals surface area contributed by atoms with Crippen molar-refractivity contribution in [2.45, 2.75) is 32.7 Å². The normalized spacial score (nSPS) is 14.6. The van der Waals surface area contributed by atoms with Crippen molar-refractivity contribution in [2.24, 2.45) is 0 Å². The van der Waals surface area contributed by atoms with Gasteiger partial charge in [0.25, 0.3) is 5.91 Å². The number of fused-ring (bicyclic) bond motifs is 3. The monoisotopic (exact) mass is 332 g/mol. The molecule has 3 heteroatoms. The van der Waals surface area contributed by atoms with Crippen LogP contribution in [0.4, 0.5) is 0 Å². The third-order valence-corrected chi connectivity index (χ3v) is 5.26. The molecule has 0 atom stereocenters. The molecule has 25 heavy (non-hydrogen) atoms. The van der Waals surface area contributed by atoms with Gasteiger partial charge in [0.1, 0.15) is 5.69 Å². The second-order valence-corrected chi connectivity index (χ2v) is 7.07. The van der Waals surface area contributed by atoms with Crippen molar-refractivity contribution in [3.63, 3.8) is 0 Å². The van der Waals surface area contributed by atoms with E-state index in [-0.39, 0.29) is 5.91 Å². The number of nitrogens with zero attached hydrogens (tertiary/aromatic N) is 2. The minimum absolute atomic E-state index is 0.161. The van der Waals surface area contributed by atoms with Crippen LogP contribution in [0.15, 0.2) is 48.5 Å². The highest BCUT2D eigenvalue weighted by atomic mass is 16.2. The van der Waals surface area contributed by atoms with Crippen LogP contribution >= 0.6 is 0 Å². The van der Waals surface area contributed by atoms with E-state index in [1.807, 2.05) is 18.0 Å². The molecule has 0 bridgehead atoms. The lowest BCUT2D eigenvalue weighted by Gasteiger charge is -2.17. The molecule has 2 aromatic carbocycles. The first-order valence-electron chi connectivity index (χ1n) is 9.06. The Kier molecular flexibility index (Phi) is 4.08. The molecule has 1 aliphatic rings. The van der Waals surface area contributed by atoms with Gasteiger partial charge in [0.05, 0.1) is 0 Å². The van der Waals surface area contributed by atoms with Crippen molar-refractivity contribution in [1.29, 1.82) is 0 Å². The number of carbonyl (C=O) groups is 1. The van der Waals surface area contributed by atoms with Crippen LogP contribution in [-0.2, 0) is 19.4 Å². The van der Waals surface area contributed by atoms with Crippen LogP contribution in [-0.4, -0.2) is 29.0 Å². The summed E-state index contributed by atoms with van der Waals surface area (Å²) in [7, 11) is 1.92. The Labute approximate surface area is 148 Å². The zero-order valence-corrected chi connectivity index (χ0v) is 15.0. The summed E-state index contributed by atoms with van der Waals surface area (Å²) in [5, 5.41) is 1.26. The molecule has 0 spiro atoms. The summed E-state index contributed by atoms with van der Waals surface area (Å²) in [6.07, 6.45) is 2.94. The van der Waals surface area contributed by atoms with E-state index in [9.17, 15) is 4.79 Å². The fourth-order valence-corrected chi connectivity index (χ4v) is 3.93. The summed E-state index contributed by atoms with van der Waals surface area (Å²) >= 11 is 0. The van der Waals surface area contributed by atoms with Gasteiger partial charge in [0.15, 0.2) is 0 Å². The van der Waals surface area contributed by atoms with Crippen molar-refractivity contribution in [3.8, 4) is 0 Å². The Balaban J connectivity index is 1.84. The zero-order chi connectivity index (χ0) is 17.4. The molecule has 4 rings (SSSR count). The Morgan fingerprint density at radius 3 is 2.68 bits per heavy atom. The van der Waals surface area contributed by atoms with Crippen molar-refractivity contribution in [3.05, 3.63) is 70.9 Å². The van der Waals surface area contributed by atoms with Gasteiger partial charge in [-0.15, -0.1) is 0 Å². The van der Waals surface area contributed by atoms with Gasteiger partial charge in [-0.25, -0.2) is 0 Å². The van der Waals surface area contributed by atoms with E-state index >= 15 is 0 Å². The van der Waals surface area contributed by atoms with Crippen molar-refractivity contribution in [2.75, 3.05) is 13.6 Å². The lowest BCUT2D eigenvalue weighted by Crippen LogP contribution is -2.28. The van der Waals surface area contributed by atoms with Crippen LogP contribution in [0.3, 0.4) is 0 Å². The fourth-order valence-electron chi connectivity index (χ4n) is 3.93. The third-order valence-electron chi connectivity index (χ3n) is 5.26. The Hall–Kier alpha value is -2.55. The third kappa shape index (κ3) is 2.84. The van der Waals surface area contributed by atoms with E-state index in [2.05, 4.69) is 54.0 Å². The van der Waals surface area contributed by atoms with E-state index in [1.54, 1.807) is 0 Å². The number of hydrogen-bond donors (Lipinski definition) is 0. The van der Waals surface area contributed by atoms with E-state index in [0.29, 0.717) is 0 Å². The molecule has 0 saturated heterocycles. The average Bonchev–Trinajstić information content (AvgIpc) is 2.84. The van der Waals surface area contributed by atoms with Gasteiger partial charge >= 0.3 is 0 Å². The van der Waals surface area contributed by atoms with Crippen molar-refractivity contribution >= 4 is 16.8 Å². The molecule has 1 aliphatic heterocycles. The van der Waals surface area contributed by atoms with Gasteiger partial charge in [-0.1, -0.05) is 42.0 Å². The number of benzene rings is 2. The standard InChI is InChI=1S/C22H24N2O/c1-16-10-11-20-19(15-16)18-9-6-13-23(2)22(25)21(18)24(20)14-12-17-7-4-3-5-8-17/h3-5,7-8,10-11,15H,6,9,12-14H2,1-2H3. The van der Waals surface area contributed by atoms with Crippen LogP contribution < -0.4 is 0 Å². The summed E-state index contributed by atoms with van der Waals surface area (Å²) in [5.74, 6) is 0.161. The Morgan fingerprint density at radius 1 is 1.08 bits per heavy atom. The molecule has 128 valence electrons. The fraction of sp³-hybridized carbons (Fsp3) is 0.318. The van der Waals surface area contributed by atoms with Crippen LogP contribution in [0, 0.1) is 6.92 Å². The van der Waals surface area contributed by atoms with E-state index in [1.165, 1.54) is 27.6 Å². The highest BCUT2D eigenvalue weighted by Gasteiger charge is 2.27. The predicted octanol–water partition coefficient (Wildman–Crippen LogP) is 4.21. The largest absolute Gasteiger partial charge is 0.340 e. The van der Waals surface area contributed by atoms with Gasteiger partial charge in [0, 0.05) is 31.0 Å². The first kappa shape index (κ1) is 15.9. The number of rotatable bonds is 3. The summed E-state index contributed by atoms with van der Waals surface area (Å²) in [4.78, 5) is 14.9. The molecular formula is C22H24N2O. The molecule has 0 aliphatic carbocycles. The molecule has 2 heterocycles. The molecule has 0 saturated carbocycles. The Morgan fingerprint density at radius 2 is 1.88 bits per heavy atom. The number of aryl methyl sites for hydroxylation is 4. The number of amides is 1. The maximum Gasteiger partial charge on any atom is 0.270 e. The maximum absolute atomic E-state index is 13.0. The SMILES string of the molecule is Cc1ccc2c(c1)c1c(n2CCc2ccccc2)C(=O)N(C)CCC1. The molecule has 1 aromatic heterocycles. The van der Waals surface area contributed by atoms with Crippen LogP contribution in [0.5, 0.6) is 0 Å². The molecule has 0 unspecified atom stereocenters. The molecule has 3 nitrogen and oxygen atoms in total. The van der Waals surface area contributed by atoms with Gasteiger partial charge < -0.3 is 9.47 Å². The van der Waals surface area contributed by atoms with Crippen LogP contribution in [0.2, 0.25) is 0 Å². The van der Waals surface area contributed by atoms with Gasteiger partial charge in [-0.05, 0) is 49.4 Å². The summed E-state index contributed by atoms with van der Waals surface area (Å²) in [5.41, 5.74) is 5.88. The van der Waals surface area contributed by atoms with E-state index in [4.69, 9.17) is 0 Å². The van der Waals surface area contributed by atoms with Crippen LogP contribution in [0.25, 0.3) is 10.9 Å². The smallest absolute Gasteiger partial charge is 0.270 e. The van der Waals surface area contributed by atoms with Crippen molar-refractivity contribution in [1.82, 2.24) is 9.47 Å². The quantitative estimate of drug-likeness (QED) is 0.705. The highest BCUT2D eigenvalue weighted by molar-refractivity contribution is 6.02. The molecule has 0 N–H and O–H groups in total. The van der Waals surface area contributed by atoms with E-state index in [0.717, 1.165) is 38.0 Å². The lowest BCUT2D eigenvalue weighted by atomic mass is 10.0. The first-order chi connectivity index (χ1) is 12.1. The van der Waals surface area contributed by atoms with Gasteiger partial charge in [-0.3, -0.25) is 4.79 Å². The second kappa shape index (κ2) is 6.40. The van der Waals surface area contributed by atoms with Crippen molar-refractivity contribution < 1.29 is 4.79 Å². The highest BCUT2D eigenvalue weighted by Crippen LogP contribution is 2.31. The zero-order valence-electron chi connectivity index (χ0n) is 15.0. The summed E-state index contributed by atoms with van der Waals surface area (Å²) in [6.45, 7) is 3.79. The summed E-state index contributed by atoms with van der Waals surface area (Å²) in [6, 6.07) is 17.1. The predicted molar refractivity (Wildman–Crippen MR) is 102 cm³/mol. The lowest BCUT2D eigenvalue weighted by molar-refractivity contribution is 0.0790. The number of aromatic nitrogens is 1. The topological polar surface area (TPSA) is 25.2 Å². The molecule has 1 amide bonds. The minimum Gasteiger partial charge on any atom is -0.340 e. The first-order valence-corrected chi connectivity index (χ1v) is 9.06. The second-order valence-electron chi connectivity index (χ2n) is 7.07. The van der Waals surface area contributed by atoms with Gasteiger partial charge in [0.2, 0.25) is 0 Å². The maximum atomic E-state index is 13.0. The average molecular weight is 332 g/mol. The molecular weight excluding hydrogens is 308 g/mol. The molecule has 0 fully saturated rings. The summed E-state index contributed by atoms with van der Waals surface area (Å²) < 4.78 is 2.25. The molecule has 3 aromatic rings. The van der Waals surface area contributed by atoms with E-state index < -0.39 is 0 Å². The van der Waals surface area contributed by atoms with Crippen LogP contribution in [0.1, 0.15) is 33.6 Å². The van der Waals surface area contributed by atoms with Gasteiger partial charge in [-0.2, -0.15) is 0 Å². The molecule has 0 radical (unpaired) electrons.